The summed E-state index contributed by atoms with van der Waals surface area (Å²) in [6.07, 6.45) is 1.34. The van der Waals surface area contributed by atoms with Gasteiger partial charge in [0.25, 0.3) is 5.55 Å². The first-order valence-electron chi connectivity index (χ1n) is 2.28. The molecule has 1 aromatic rings. The number of nitrogens with one attached hydrogen (secondary N) is 1. The average Bonchev–Trinajstić information content (AvgIpc) is 2.17. The Balaban J connectivity index is 2.88. The normalized spacial score (nSPS) is 8.78. The molecule has 0 aliphatic heterocycles. The van der Waals surface area contributed by atoms with Crippen LogP contribution in [0.15, 0.2) is 10.7 Å². The zero-order valence-corrected chi connectivity index (χ0v) is 4.53. The predicted octanol–water partition coefficient (Wildman–Crippen LogP) is -1.47. The summed E-state index contributed by atoms with van der Waals surface area (Å²) < 4.78 is 5.60. The fraction of sp³-hybridized carbons (Fsp3) is 0.250. The Morgan fingerprint density at radius 2 is 2.78 bits per heavy atom. The number of hydrogen-bond acceptors (Lipinski definition) is 3. The monoisotopic (exact) mass is 124 g/mol. The van der Waals surface area contributed by atoms with Crippen molar-refractivity contribution in [3.63, 3.8) is 0 Å². The van der Waals surface area contributed by atoms with Crippen LogP contribution < -0.4 is 15.5 Å². The van der Waals surface area contributed by atoms with E-state index in [1.54, 1.807) is 0 Å². The molecular formula is C4H4N4O. The highest BCUT2D eigenvalue weighted by molar-refractivity contribution is 4.58. The van der Waals surface area contributed by atoms with Gasteiger partial charge in [-0.2, -0.15) is 5.26 Å². The van der Waals surface area contributed by atoms with E-state index in [4.69, 9.17) is 10.7 Å². The van der Waals surface area contributed by atoms with Crippen LogP contribution in [0.25, 0.3) is 0 Å². The van der Waals surface area contributed by atoms with E-state index in [9.17, 15) is 0 Å². The maximum Gasteiger partial charge on any atom is 0.264 e. The number of rotatable bonds is 1. The molecule has 0 aliphatic rings. The standard InChI is InChI=1S/C4H4N4O/c5-1-2-8-3-4(6)9-7-8/h3,6H,2H2. The van der Waals surface area contributed by atoms with Gasteiger partial charge < -0.3 is 4.52 Å². The molecule has 0 unspecified atom stereocenters. The highest BCUT2D eigenvalue weighted by Crippen LogP contribution is 1.55. The van der Waals surface area contributed by atoms with E-state index in [0.29, 0.717) is 0 Å². The Kier molecular flexibility index (Phi) is 1.32. The number of nitrogens with zero attached hydrogens (tertiary/aromatic N) is 3. The maximum absolute atomic E-state index is 8.12. The molecule has 1 aromatic heterocycles. The molecule has 1 rings (SSSR count). The quantitative estimate of drug-likeness (QED) is 0.464. The highest BCUT2D eigenvalue weighted by atomic mass is 16.5. The van der Waals surface area contributed by atoms with Crippen LogP contribution >= 0.6 is 0 Å². The van der Waals surface area contributed by atoms with Crippen LogP contribution in [0.4, 0.5) is 0 Å². The molecule has 0 aromatic carbocycles. The third kappa shape index (κ3) is 1.16. The summed E-state index contributed by atoms with van der Waals surface area (Å²) in [7, 11) is 0. The maximum atomic E-state index is 8.12. The number of nitriles is 1. The summed E-state index contributed by atoms with van der Waals surface area (Å²) in [6, 6.07) is 1.85. The molecule has 1 N–H and O–H groups in total. The highest BCUT2D eigenvalue weighted by Gasteiger charge is 1.90. The van der Waals surface area contributed by atoms with Gasteiger partial charge in [0.1, 0.15) is 6.07 Å². The lowest BCUT2D eigenvalue weighted by Gasteiger charge is -1.84. The van der Waals surface area contributed by atoms with E-state index >= 15 is 0 Å². The molecule has 0 atom stereocenters. The molecule has 1 heterocycles. The van der Waals surface area contributed by atoms with Crippen LogP contribution in [0.2, 0.25) is 0 Å². The van der Waals surface area contributed by atoms with Crippen molar-refractivity contribution in [3.05, 3.63) is 11.8 Å². The fourth-order valence-corrected chi connectivity index (χ4v) is 0.426. The van der Waals surface area contributed by atoms with Crippen LogP contribution in [-0.2, 0) is 6.54 Å². The molecule has 0 saturated carbocycles. The lowest BCUT2D eigenvalue weighted by atomic mass is 10.7. The van der Waals surface area contributed by atoms with Gasteiger partial charge in [0, 0.05) is 0 Å². The predicted molar refractivity (Wildman–Crippen MR) is 23.7 cm³/mol. The van der Waals surface area contributed by atoms with Crippen LogP contribution in [0.3, 0.4) is 0 Å². The summed E-state index contributed by atoms with van der Waals surface area (Å²) in [6.45, 7) is 0.127. The lowest BCUT2D eigenvalue weighted by molar-refractivity contribution is -0.757. The van der Waals surface area contributed by atoms with Gasteiger partial charge in [0.15, 0.2) is 0 Å². The van der Waals surface area contributed by atoms with Crippen LogP contribution in [0, 0.1) is 16.7 Å². The van der Waals surface area contributed by atoms with Crippen molar-refractivity contribution in [2.75, 3.05) is 0 Å². The molecule has 0 fully saturated rings. The zero-order chi connectivity index (χ0) is 6.69. The summed E-state index contributed by atoms with van der Waals surface area (Å²) in [5, 5.41) is 18.3. The van der Waals surface area contributed by atoms with E-state index < -0.39 is 0 Å². The Morgan fingerprint density at radius 3 is 3.22 bits per heavy atom. The second-order valence-electron chi connectivity index (χ2n) is 1.42. The smallest absolute Gasteiger partial charge is 0.264 e. The number of aromatic nitrogens is 2. The molecule has 9 heavy (non-hydrogen) atoms. The Labute approximate surface area is 50.6 Å². The third-order valence-corrected chi connectivity index (χ3v) is 0.743. The first kappa shape index (κ1) is 5.56. The molecule has 0 aliphatic carbocycles. The second kappa shape index (κ2) is 2.13. The van der Waals surface area contributed by atoms with E-state index in [1.165, 1.54) is 10.9 Å². The Hall–Kier alpha value is -1.57. The van der Waals surface area contributed by atoms with Crippen molar-refractivity contribution < 1.29 is 9.20 Å². The van der Waals surface area contributed by atoms with Crippen molar-refractivity contribution in [3.8, 4) is 6.07 Å². The first-order chi connectivity index (χ1) is 4.33. The van der Waals surface area contributed by atoms with Crippen molar-refractivity contribution in [2.45, 2.75) is 6.54 Å². The van der Waals surface area contributed by atoms with Crippen molar-refractivity contribution in [1.82, 2.24) is 5.27 Å². The topological polar surface area (TPSA) is 78.8 Å². The zero-order valence-electron chi connectivity index (χ0n) is 4.53. The molecule has 0 saturated heterocycles. The van der Waals surface area contributed by atoms with Crippen molar-refractivity contribution >= 4 is 0 Å². The van der Waals surface area contributed by atoms with Gasteiger partial charge in [-0.25, -0.2) is 4.68 Å². The van der Waals surface area contributed by atoms with Crippen LogP contribution in [0.5, 0.6) is 0 Å². The molecule has 5 heteroatoms. The van der Waals surface area contributed by atoms with E-state index in [0.717, 1.165) is 0 Å². The SMILES string of the molecule is N#CC[n+]1cc(=N)o[n-]1. The minimum atomic E-state index is -0.0368. The van der Waals surface area contributed by atoms with Crippen LogP contribution in [-0.4, -0.2) is 0 Å². The Morgan fingerprint density at radius 1 is 2.00 bits per heavy atom. The summed E-state index contributed by atoms with van der Waals surface area (Å²) in [5.74, 6) is 0. The average molecular weight is 124 g/mol. The second-order valence-corrected chi connectivity index (χ2v) is 1.42. The van der Waals surface area contributed by atoms with Gasteiger partial charge in [0.05, 0.1) is 0 Å². The molecule has 5 nitrogen and oxygen atoms in total. The van der Waals surface area contributed by atoms with Crippen molar-refractivity contribution in [2.24, 2.45) is 0 Å². The largest absolute Gasteiger partial charge is 0.487 e. The molecule has 0 amide bonds. The minimum Gasteiger partial charge on any atom is -0.487 e. The van der Waals surface area contributed by atoms with Gasteiger partial charge in [-0.05, 0) is 0 Å². The van der Waals surface area contributed by atoms with Gasteiger partial charge in [-0.3, -0.25) is 10.7 Å². The Bertz CT molecular complexity index is 277. The molecule has 46 valence electrons. The van der Waals surface area contributed by atoms with Crippen molar-refractivity contribution in [1.29, 1.82) is 10.7 Å². The van der Waals surface area contributed by atoms with E-state index in [1.807, 2.05) is 6.07 Å². The minimum absolute atomic E-state index is 0.0368. The van der Waals surface area contributed by atoms with Crippen LogP contribution in [0.1, 0.15) is 0 Å². The van der Waals surface area contributed by atoms with Gasteiger partial charge in [-0.15, -0.1) is 0 Å². The number of hydrogen-bond donors (Lipinski definition) is 1. The molecular weight excluding hydrogens is 120 g/mol. The summed E-state index contributed by atoms with van der Waals surface area (Å²) >= 11 is 0. The molecule has 0 spiro atoms. The lowest BCUT2D eigenvalue weighted by Crippen LogP contribution is -2.36. The summed E-state index contributed by atoms with van der Waals surface area (Å²) in [4.78, 5) is 0. The van der Waals surface area contributed by atoms with Gasteiger partial charge >= 0.3 is 0 Å². The fourth-order valence-electron chi connectivity index (χ4n) is 0.426. The third-order valence-electron chi connectivity index (χ3n) is 0.743. The van der Waals surface area contributed by atoms with E-state index in [2.05, 4.69) is 9.79 Å². The van der Waals surface area contributed by atoms with E-state index in [-0.39, 0.29) is 12.1 Å². The van der Waals surface area contributed by atoms with Gasteiger partial charge in [-0.1, -0.05) is 0 Å². The first-order valence-corrected chi connectivity index (χ1v) is 2.28. The van der Waals surface area contributed by atoms with Gasteiger partial charge in [0.2, 0.25) is 12.7 Å². The molecule has 0 radical (unpaired) electrons. The summed E-state index contributed by atoms with van der Waals surface area (Å²) in [5.41, 5.74) is -0.0368. The molecule has 0 bridgehead atoms.